The SMILES string of the molecule is CCCC1(CNC(CC)(CC)CC)CCCN1. The fourth-order valence-corrected chi connectivity index (χ4v) is 3.28. The lowest BCUT2D eigenvalue weighted by Gasteiger charge is -2.38. The van der Waals surface area contributed by atoms with E-state index in [4.69, 9.17) is 0 Å². The standard InChI is InChI=1S/C15H32N2/c1-5-10-15(11-9-12-16-15)13-17-14(6-2,7-3)8-4/h16-17H,5-13H2,1-4H3. The largest absolute Gasteiger partial charge is 0.310 e. The van der Waals surface area contributed by atoms with Gasteiger partial charge in [0.2, 0.25) is 0 Å². The van der Waals surface area contributed by atoms with Gasteiger partial charge in [0, 0.05) is 17.6 Å². The molecular formula is C15H32N2. The fraction of sp³-hybridized carbons (Fsp3) is 1.00. The van der Waals surface area contributed by atoms with E-state index >= 15 is 0 Å². The molecule has 1 saturated heterocycles. The van der Waals surface area contributed by atoms with Crippen molar-refractivity contribution in [3.05, 3.63) is 0 Å². The molecule has 1 aliphatic heterocycles. The Morgan fingerprint density at radius 2 is 1.76 bits per heavy atom. The van der Waals surface area contributed by atoms with Crippen LogP contribution >= 0.6 is 0 Å². The van der Waals surface area contributed by atoms with Crippen LogP contribution in [-0.2, 0) is 0 Å². The second-order valence-electron chi connectivity index (χ2n) is 5.76. The summed E-state index contributed by atoms with van der Waals surface area (Å²) >= 11 is 0. The highest BCUT2D eigenvalue weighted by Gasteiger charge is 2.34. The number of hydrogen-bond acceptors (Lipinski definition) is 2. The van der Waals surface area contributed by atoms with E-state index in [0.717, 1.165) is 6.54 Å². The molecule has 2 nitrogen and oxygen atoms in total. The van der Waals surface area contributed by atoms with Gasteiger partial charge in [0.05, 0.1) is 0 Å². The molecule has 0 amide bonds. The number of rotatable bonds is 8. The summed E-state index contributed by atoms with van der Waals surface area (Å²) in [6, 6.07) is 0. The van der Waals surface area contributed by atoms with Gasteiger partial charge in [-0.1, -0.05) is 34.1 Å². The van der Waals surface area contributed by atoms with E-state index in [1.165, 1.54) is 51.5 Å². The zero-order valence-corrected chi connectivity index (χ0v) is 12.4. The molecule has 102 valence electrons. The van der Waals surface area contributed by atoms with Crippen LogP contribution in [0.2, 0.25) is 0 Å². The molecule has 17 heavy (non-hydrogen) atoms. The van der Waals surface area contributed by atoms with Crippen LogP contribution in [-0.4, -0.2) is 24.2 Å². The first-order valence-corrected chi connectivity index (χ1v) is 7.66. The van der Waals surface area contributed by atoms with Gasteiger partial charge >= 0.3 is 0 Å². The van der Waals surface area contributed by atoms with Gasteiger partial charge in [0.25, 0.3) is 0 Å². The molecule has 0 saturated carbocycles. The molecule has 1 unspecified atom stereocenters. The van der Waals surface area contributed by atoms with Crippen LogP contribution in [0.1, 0.15) is 72.6 Å². The lowest BCUT2D eigenvalue weighted by molar-refractivity contribution is 0.233. The van der Waals surface area contributed by atoms with Gasteiger partial charge in [-0.3, -0.25) is 0 Å². The Kier molecular flexibility index (Phi) is 5.94. The summed E-state index contributed by atoms with van der Waals surface area (Å²) < 4.78 is 0. The average Bonchev–Trinajstić information content (AvgIpc) is 2.81. The summed E-state index contributed by atoms with van der Waals surface area (Å²) in [5, 5.41) is 7.64. The quantitative estimate of drug-likeness (QED) is 0.679. The van der Waals surface area contributed by atoms with Gasteiger partial charge in [-0.25, -0.2) is 0 Å². The molecular weight excluding hydrogens is 208 g/mol. The molecule has 1 aliphatic rings. The maximum Gasteiger partial charge on any atom is 0.0306 e. The molecule has 0 aromatic carbocycles. The maximum atomic E-state index is 3.89. The summed E-state index contributed by atoms with van der Waals surface area (Å²) in [5.41, 5.74) is 0.754. The molecule has 1 fully saturated rings. The minimum Gasteiger partial charge on any atom is -0.310 e. The van der Waals surface area contributed by atoms with E-state index in [1.54, 1.807) is 0 Å². The van der Waals surface area contributed by atoms with Gasteiger partial charge in [0.15, 0.2) is 0 Å². The van der Waals surface area contributed by atoms with Crippen molar-refractivity contribution in [3.8, 4) is 0 Å². The zero-order chi connectivity index (χ0) is 12.8. The monoisotopic (exact) mass is 240 g/mol. The molecule has 0 aromatic rings. The van der Waals surface area contributed by atoms with Crippen LogP contribution in [0.15, 0.2) is 0 Å². The van der Waals surface area contributed by atoms with Crippen LogP contribution in [0.5, 0.6) is 0 Å². The van der Waals surface area contributed by atoms with Crippen molar-refractivity contribution >= 4 is 0 Å². The highest BCUT2D eigenvalue weighted by molar-refractivity contribution is 4.97. The molecule has 0 radical (unpaired) electrons. The minimum absolute atomic E-state index is 0.366. The van der Waals surface area contributed by atoms with Crippen molar-refractivity contribution in [2.75, 3.05) is 13.1 Å². The number of nitrogens with one attached hydrogen (secondary N) is 2. The third-order valence-corrected chi connectivity index (χ3v) is 4.89. The smallest absolute Gasteiger partial charge is 0.0306 e. The molecule has 2 N–H and O–H groups in total. The molecule has 0 aliphatic carbocycles. The van der Waals surface area contributed by atoms with Crippen molar-refractivity contribution in [2.24, 2.45) is 0 Å². The van der Waals surface area contributed by atoms with E-state index in [9.17, 15) is 0 Å². The van der Waals surface area contributed by atoms with Gasteiger partial charge < -0.3 is 10.6 Å². The molecule has 1 heterocycles. The molecule has 2 heteroatoms. The molecule has 1 rings (SSSR count). The molecule has 1 atom stereocenters. The molecule has 0 bridgehead atoms. The summed E-state index contributed by atoms with van der Waals surface area (Å²) in [6.07, 6.45) is 9.01. The highest BCUT2D eigenvalue weighted by Crippen LogP contribution is 2.26. The Labute approximate surface area is 108 Å². The summed E-state index contributed by atoms with van der Waals surface area (Å²) in [5.74, 6) is 0. The van der Waals surface area contributed by atoms with E-state index in [1.807, 2.05) is 0 Å². The van der Waals surface area contributed by atoms with Crippen LogP contribution in [0.3, 0.4) is 0 Å². The van der Waals surface area contributed by atoms with Crippen molar-refractivity contribution < 1.29 is 0 Å². The van der Waals surface area contributed by atoms with E-state index < -0.39 is 0 Å². The lowest BCUT2D eigenvalue weighted by Crippen LogP contribution is -2.55. The van der Waals surface area contributed by atoms with Gasteiger partial charge in [-0.2, -0.15) is 0 Å². The van der Waals surface area contributed by atoms with Crippen molar-refractivity contribution in [3.63, 3.8) is 0 Å². The highest BCUT2D eigenvalue weighted by atomic mass is 15.1. The third kappa shape index (κ3) is 3.69. The average molecular weight is 240 g/mol. The van der Waals surface area contributed by atoms with Crippen molar-refractivity contribution in [2.45, 2.75) is 83.7 Å². The fourth-order valence-electron chi connectivity index (χ4n) is 3.28. The Bertz CT molecular complexity index is 195. The van der Waals surface area contributed by atoms with Crippen molar-refractivity contribution in [1.82, 2.24) is 10.6 Å². The maximum absolute atomic E-state index is 3.89. The third-order valence-electron chi connectivity index (χ3n) is 4.89. The summed E-state index contributed by atoms with van der Waals surface area (Å²) in [7, 11) is 0. The van der Waals surface area contributed by atoms with Crippen LogP contribution < -0.4 is 10.6 Å². The van der Waals surface area contributed by atoms with Crippen LogP contribution in [0.25, 0.3) is 0 Å². The molecule has 0 spiro atoms. The Hall–Kier alpha value is -0.0800. The Morgan fingerprint density at radius 1 is 1.12 bits per heavy atom. The van der Waals surface area contributed by atoms with E-state index in [0.29, 0.717) is 11.1 Å². The second-order valence-corrected chi connectivity index (χ2v) is 5.76. The Balaban J connectivity index is 2.56. The Morgan fingerprint density at radius 3 is 2.18 bits per heavy atom. The lowest BCUT2D eigenvalue weighted by atomic mass is 9.86. The predicted molar refractivity (Wildman–Crippen MR) is 76.5 cm³/mol. The van der Waals surface area contributed by atoms with Gasteiger partial charge in [0.1, 0.15) is 0 Å². The summed E-state index contributed by atoms with van der Waals surface area (Å²) in [6.45, 7) is 11.6. The number of hydrogen-bond donors (Lipinski definition) is 2. The van der Waals surface area contributed by atoms with Crippen molar-refractivity contribution in [1.29, 1.82) is 0 Å². The topological polar surface area (TPSA) is 24.1 Å². The first-order chi connectivity index (χ1) is 8.16. The first kappa shape index (κ1) is 15.0. The van der Waals surface area contributed by atoms with Crippen LogP contribution in [0.4, 0.5) is 0 Å². The van der Waals surface area contributed by atoms with Gasteiger partial charge in [-0.15, -0.1) is 0 Å². The predicted octanol–water partition coefficient (Wildman–Crippen LogP) is 3.47. The van der Waals surface area contributed by atoms with E-state index in [-0.39, 0.29) is 0 Å². The normalized spacial score (nSPS) is 25.4. The van der Waals surface area contributed by atoms with E-state index in [2.05, 4.69) is 38.3 Å². The zero-order valence-electron chi connectivity index (χ0n) is 12.4. The second kappa shape index (κ2) is 6.75. The summed E-state index contributed by atoms with van der Waals surface area (Å²) in [4.78, 5) is 0. The molecule has 0 aromatic heterocycles. The first-order valence-electron chi connectivity index (χ1n) is 7.66. The van der Waals surface area contributed by atoms with Crippen LogP contribution in [0, 0.1) is 0 Å². The minimum atomic E-state index is 0.366. The van der Waals surface area contributed by atoms with Gasteiger partial charge in [-0.05, 0) is 45.1 Å².